The molecule has 0 bridgehead atoms. The highest BCUT2D eigenvalue weighted by Crippen LogP contribution is 2.28. The normalized spacial score (nSPS) is 11.7. The van der Waals surface area contributed by atoms with E-state index in [1.807, 2.05) is 19.1 Å². The highest BCUT2D eigenvalue weighted by molar-refractivity contribution is 6.31. The number of nitrogens with one attached hydrogen (secondary N) is 2. The Bertz CT molecular complexity index is 675. The van der Waals surface area contributed by atoms with Gasteiger partial charge < -0.3 is 15.4 Å². The monoisotopic (exact) mass is 352 g/mol. The van der Waals surface area contributed by atoms with Crippen molar-refractivity contribution in [1.82, 2.24) is 5.32 Å². The standard InChI is InChI=1S/C17H18Cl2N2O2/c1-3-14(11-4-6-12(18)7-5-11)20-17(22)21-15-10-13(19)8-9-16(15)23-2/h4-10,14H,3H2,1-2H3,(H2,20,21,22)/t14-/m1/s1. The van der Waals surface area contributed by atoms with Gasteiger partial charge in [0.2, 0.25) is 0 Å². The fraction of sp³-hybridized carbons (Fsp3) is 0.235. The number of carbonyl (C=O) groups is 1. The maximum absolute atomic E-state index is 12.3. The minimum Gasteiger partial charge on any atom is -0.495 e. The van der Waals surface area contributed by atoms with Crippen LogP contribution in [0.15, 0.2) is 42.5 Å². The SMILES string of the molecule is CC[C@@H](NC(=O)Nc1cc(Cl)ccc1OC)c1ccc(Cl)cc1. The molecular formula is C17H18Cl2N2O2. The third kappa shape index (κ3) is 4.78. The van der Waals surface area contributed by atoms with E-state index >= 15 is 0 Å². The van der Waals surface area contributed by atoms with Crippen molar-refractivity contribution in [2.75, 3.05) is 12.4 Å². The van der Waals surface area contributed by atoms with Gasteiger partial charge in [0.1, 0.15) is 5.75 Å². The van der Waals surface area contributed by atoms with E-state index in [9.17, 15) is 4.79 Å². The summed E-state index contributed by atoms with van der Waals surface area (Å²) in [6, 6.07) is 12.0. The van der Waals surface area contributed by atoms with Crippen LogP contribution >= 0.6 is 23.2 Å². The zero-order chi connectivity index (χ0) is 16.8. The van der Waals surface area contributed by atoms with Gasteiger partial charge in [-0.3, -0.25) is 0 Å². The molecule has 0 saturated heterocycles. The number of methoxy groups -OCH3 is 1. The number of hydrogen-bond donors (Lipinski definition) is 2. The molecule has 0 heterocycles. The zero-order valence-electron chi connectivity index (χ0n) is 12.9. The van der Waals surface area contributed by atoms with Crippen LogP contribution in [0, 0.1) is 0 Å². The smallest absolute Gasteiger partial charge is 0.319 e. The first-order valence-corrected chi connectivity index (χ1v) is 7.95. The summed E-state index contributed by atoms with van der Waals surface area (Å²) in [6.45, 7) is 2.00. The van der Waals surface area contributed by atoms with Gasteiger partial charge in [-0.05, 0) is 42.3 Å². The van der Waals surface area contributed by atoms with Crippen molar-refractivity contribution in [2.45, 2.75) is 19.4 Å². The minimum absolute atomic E-state index is 0.113. The van der Waals surface area contributed by atoms with Crippen molar-refractivity contribution in [3.05, 3.63) is 58.1 Å². The van der Waals surface area contributed by atoms with Crippen molar-refractivity contribution >= 4 is 34.9 Å². The van der Waals surface area contributed by atoms with Crippen molar-refractivity contribution in [3.63, 3.8) is 0 Å². The Kier molecular flexibility index (Phi) is 6.13. The Morgan fingerprint density at radius 2 is 1.78 bits per heavy atom. The first kappa shape index (κ1) is 17.4. The van der Waals surface area contributed by atoms with Crippen LogP contribution in [0.4, 0.5) is 10.5 Å². The molecule has 2 aromatic rings. The van der Waals surface area contributed by atoms with E-state index < -0.39 is 0 Å². The second kappa shape index (κ2) is 8.09. The Morgan fingerprint density at radius 3 is 2.39 bits per heavy atom. The van der Waals surface area contributed by atoms with Gasteiger partial charge in [0.15, 0.2) is 0 Å². The second-order valence-electron chi connectivity index (χ2n) is 4.96. The van der Waals surface area contributed by atoms with E-state index in [-0.39, 0.29) is 12.1 Å². The van der Waals surface area contributed by atoms with Crippen LogP contribution in [0.25, 0.3) is 0 Å². The number of carbonyl (C=O) groups excluding carboxylic acids is 1. The molecule has 122 valence electrons. The first-order valence-electron chi connectivity index (χ1n) is 7.20. The van der Waals surface area contributed by atoms with E-state index in [0.717, 1.165) is 12.0 Å². The molecule has 2 N–H and O–H groups in total. The molecule has 23 heavy (non-hydrogen) atoms. The van der Waals surface area contributed by atoms with Crippen LogP contribution in [-0.4, -0.2) is 13.1 Å². The molecule has 2 amide bonds. The summed E-state index contributed by atoms with van der Waals surface area (Å²) in [4.78, 5) is 12.3. The van der Waals surface area contributed by atoms with Gasteiger partial charge in [-0.2, -0.15) is 0 Å². The topological polar surface area (TPSA) is 50.4 Å². The predicted octanol–water partition coefficient (Wildman–Crippen LogP) is 5.27. The van der Waals surface area contributed by atoms with Gasteiger partial charge in [-0.1, -0.05) is 42.3 Å². The molecule has 0 saturated carbocycles. The van der Waals surface area contributed by atoms with Gasteiger partial charge in [0.05, 0.1) is 18.8 Å². The summed E-state index contributed by atoms with van der Waals surface area (Å²) < 4.78 is 5.21. The van der Waals surface area contributed by atoms with E-state index in [2.05, 4.69) is 10.6 Å². The molecule has 0 radical (unpaired) electrons. The Balaban J connectivity index is 2.08. The van der Waals surface area contributed by atoms with Gasteiger partial charge in [-0.15, -0.1) is 0 Å². The molecule has 4 nitrogen and oxygen atoms in total. The zero-order valence-corrected chi connectivity index (χ0v) is 14.4. The fourth-order valence-electron chi connectivity index (χ4n) is 2.21. The van der Waals surface area contributed by atoms with Crippen molar-refractivity contribution < 1.29 is 9.53 Å². The van der Waals surface area contributed by atoms with Crippen LogP contribution in [-0.2, 0) is 0 Å². The van der Waals surface area contributed by atoms with Crippen LogP contribution < -0.4 is 15.4 Å². The third-order valence-electron chi connectivity index (χ3n) is 3.40. The van der Waals surface area contributed by atoms with Crippen LogP contribution in [0.2, 0.25) is 10.0 Å². The Labute approximate surface area is 145 Å². The number of amides is 2. The van der Waals surface area contributed by atoms with Gasteiger partial charge in [0.25, 0.3) is 0 Å². The molecule has 0 fully saturated rings. The summed E-state index contributed by atoms with van der Waals surface area (Å²) in [5, 5.41) is 6.88. The Hall–Kier alpha value is -1.91. The minimum atomic E-state index is -0.327. The largest absolute Gasteiger partial charge is 0.495 e. The van der Waals surface area contributed by atoms with Gasteiger partial charge in [0, 0.05) is 10.0 Å². The molecule has 0 spiro atoms. The maximum atomic E-state index is 12.3. The summed E-state index contributed by atoms with van der Waals surface area (Å²) in [6.07, 6.45) is 0.752. The average molecular weight is 353 g/mol. The lowest BCUT2D eigenvalue weighted by atomic mass is 10.1. The van der Waals surface area contributed by atoms with Crippen LogP contribution in [0.1, 0.15) is 24.9 Å². The molecule has 0 aliphatic rings. The number of halogens is 2. The van der Waals surface area contributed by atoms with Crippen LogP contribution in [0.3, 0.4) is 0 Å². The third-order valence-corrected chi connectivity index (χ3v) is 3.88. The molecule has 0 aromatic heterocycles. The van der Waals surface area contributed by atoms with E-state index in [4.69, 9.17) is 27.9 Å². The lowest BCUT2D eigenvalue weighted by Crippen LogP contribution is -2.32. The highest BCUT2D eigenvalue weighted by Gasteiger charge is 2.14. The highest BCUT2D eigenvalue weighted by atomic mass is 35.5. The molecule has 1 atom stereocenters. The van der Waals surface area contributed by atoms with Crippen molar-refractivity contribution in [1.29, 1.82) is 0 Å². The predicted molar refractivity (Wildman–Crippen MR) is 94.6 cm³/mol. The Morgan fingerprint density at radius 1 is 1.13 bits per heavy atom. The molecule has 2 rings (SSSR count). The average Bonchev–Trinajstić information content (AvgIpc) is 2.54. The van der Waals surface area contributed by atoms with E-state index in [0.29, 0.717) is 21.5 Å². The second-order valence-corrected chi connectivity index (χ2v) is 5.83. The maximum Gasteiger partial charge on any atom is 0.319 e. The van der Waals surface area contributed by atoms with Crippen molar-refractivity contribution in [3.8, 4) is 5.75 Å². The quantitative estimate of drug-likeness (QED) is 0.769. The molecule has 0 aliphatic heterocycles. The number of hydrogen-bond acceptors (Lipinski definition) is 2. The summed E-state index contributed by atoms with van der Waals surface area (Å²) in [5.41, 5.74) is 1.51. The summed E-state index contributed by atoms with van der Waals surface area (Å²) in [7, 11) is 1.54. The van der Waals surface area contributed by atoms with Gasteiger partial charge >= 0.3 is 6.03 Å². The molecule has 0 unspecified atom stereocenters. The van der Waals surface area contributed by atoms with Gasteiger partial charge in [-0.25, -0.2) is 4.79 Å². The van der Waals surface area contributed by atoms with Crippen molar-refractivity contribution in [2.24, 2.45) is 0 Å². The molecule has 0 aliphatic carbocycles. The lowest BCUT2D eigenvalue weighted by molar-refractivity contribution is 0.248. The molecule has 6 heteroatoms. The van der Waals surface area contributed by atoms with E-state index in [1.54, 1.807) is 30.3 Å². The fourth-order valence-corrected chi connectivity index (χ4v) is 2.51. The first-order chi connectivity index (χ1) is 11.0. The number of urea groups is 1. The summed E-state index contributed by atoms with van der Waals surface area (Å²) in [5.74, 6) is 0.545. The number of anilines is 1. The van der Waals surface area contributed by atoms with Crippen LogP contribution in [0.5, 0.6) is 5.75 Å². The molecular weight excluding hydrogens is 335 g/mol. The molecule has 2 aromatic carbocycles. The lowest BCUT2D eigenvalue weighted by Gasteiger charge is -2.19. The van der Waals surface area contributed by atoms with E-state index in [1.165, 1.54) is 7.11 Å². The number of ether oxygens (including phenoxy) is 1. The number of rotatable bonds is 5. The summed E-state index contributed by atoms with van der Waals surface area (Å²) >= 11 is 11.9. The number of benzene rings is 2.